The van der Waals surface area contributed by atoms with Crippen LogP contribution >= 0.6 is 0 Å². The predicted octanol–water partition coefficient (Wildman–Crippen LogP) is 9.36. The van der Waals surface area contributed by atoms with Crippen molar-refractivity contribution in [2.24, 2.45) is 0 Å². The largest absolute Gasteiger partial charge is 0.276 e. The standard InChI is InChI=1S/C37H25NO/c1-3-11-24(4-2)25-18-21-36-35(22-25)31-16-9-10-17-33(31)37(39)38(36)26-19-20-32-29-14-6-5-12-27(29)28-13-7-8-15-30(28)34(32)23-26/h3-23H,1-2H2/b24-11+. The van der Waals surface area contributed by atoms with E-state index >= 15 is 0 Å². The van der Waals surface area contributed by atoms with Crippen LogP contribution < -0.4 is 5.56 Å². The zero-order valence-corrected chi connectivity index (χ0v) is 21.4. The van der Waals surface area contributed by atoms with Crippen molar-refractivity contribution >= 4 is 59.6 Å². The quantitative estimate of drug-likeness (QED) is 0.175. The summed E-state index contributed by atoms with van der Waals surface area (Å²) in [4.78, 5) is 14.1. The van der Waals surface area contributed by atoms with Gasteiger partial charge in [0.05, 0.1) is 5.52 Å². The van der Waals surface area contributed by atoms with Crippen LogP contribution in [0.1, 0.15) is 5.56 Å². The number of hydrogen-bond acceptors (Lipinski definition) is 1. The number of fused-ring (bicyclic) bond motifs is 9. The Hall–Kier alpha value is -5.21. The van der Waals surface area contributed by atoms with Gasteiger partial charge >= 0.3 is 0 Å². The van der Waals surface area contributed by atoms with E-state index in [9.17, 15) is 4.79 Å². The van der Waals surface area contributed by atoms with Crippen molar-refractivity contribution in [2.75, 3.05) is 0 Å². The minimum Gasteiger partial charge on any atom is -0.276 e. The Morgan fingerprint density at radius 2 is 1.10 bits per heavy atom. The Kier molecular flexibility index (Phi) is 5.28. The van der Waals surface area contributed by atoms with E-state index in [-0.39, 0.29) is 5.56 Å². The van der Waals surface area contributed by atoms with Gasteiger partial charge < -0.3 is 0 Å². The molecule has 184 valence electrons. The molecule has 2 heteroatoms. The summed E-state index contributed by atoms with van der Waals surface area (Å²) in [5.74, 6) is 0. The van der Waals surface area contributed by atoms with Crippen molar-refractivity contribution in [1.82, 2.24) is 4.57 Å². The molecule has 0 bridgehead atoms. The van der Waals surface area contributed by atoms with E-state index in [0.717, 1.165) is 38.5 Å². The molecule has 7 aromatic rings. The Morgan fingerprint density at radius 1 is 0.564 bits per heavy atom. The van der Waals surface area contributed by atoms with E-state index in [1.165, 1.54) is 26.9 Å². The molecule has 0 fully saturated rings. The Balaban J connectivity index is 1.60. The molecule has 0 aliphatic carbocycles. The number of aromatic nitrogens is 1. The maximum absolute atomic E-state index is 14.1. The smallest absolute Gasteiger partial charge is 0.263 e. The molecule has 0 unspecified atom stereocenters. The van der Waals surface area contributed by atoms with E-state index in [4.69, 9.17) is 0 Å². The molecular formula is C37H25NO. The summed E-state index contributed by atoms with van der Waals surface area (Å²) in [6.45, 7) is 7.83. The molecule has 0 saturated heterocycles. The maximum atomic E-state index is 14.1. The highest BCUT2D eigenvalue weighted by Gasteiger charge is 2.15. The van der Waals surface area contributed by atoms with E-state index in [1.54, 1.807) is 6.08 Å². The second kappa shape index (κ2) is 8.97. The molecule has 2 nitrogen and oxygen atoms in total. The SMILES string of the molecule is C=C/C=C(\C=C)c1ccc2c(c1)c1ccccc1c(=O)n2-c1ccc2c3ccccc3c3ccccc3c2c1. The van der Waals surface area contributed by atoms with Crippen molar-refractivity contribution in [3.05, 3.63) is 156 Å². The first-order valence-corrected chi connectivity index (χ1v) is 13.1. The molecule has 0 aliphatic heterocycles. The second-order valence-electron chi connectivity index (χ2n) is 9.80. The third kappa shape index (κ3) is 3.46. The molecule has 7 rings (SSSR count). The number of pyridine rings is 1. The van der Waals surface area contributed by atoms with Crippen LogP contribution in [0.4, 0.5) is 0 Å². The lowest BCUT2D eigenvalue weighted by Crippen LogP contribution is -2.19. The zero-order chi connectivity index (χ0) is 26.5. The van der Waals surface area contributed by atoms with Crippen LogP contribution in [0.2, 0.25) is 0 Å². The number of rotatable bonds is 4. The van der Waals surface area contributed by atoms with E-state index in [0.29, 0.717) is 5.39 Å². The second-order valence-corrected chi connectivity index (χ2v) is 9.80. The first-order chi connectivity index (χ1) is 19.2. The number of nitrogens with zero attached hydrogens (tertiary/aromatic N) is 1. The third-order valence-electron chi connectivity index (χ3n) is 7.72. The van der Waals surface area contributed by atoms with E-state index < -0.39 is 0 Å². The normalized spacial score (nSPS) is 12.1. The van der Waals surface area contributed by atoms with Crippen LogP contribution in [-0.4, -0.2) is 4.57 Å². The summed E-state index contributed by atoms with van der Waals surface area (Å²) in [6.07, 6.45) is 5.55. The summed E-state index contributed by atoms with van der Waals surface area (Å²) in [7, 11) is 0. The number of allylic oxidation sites excluding steroid dienone is 4. The fourth-order valence-electron chi connectivity index (χ4n) is 5.96. The molecule has 6 aromatic carbocycles. The minimum absolute atomic E-state index is 0.0270. The van der Waals surface area contributed by atoms with Gasteiger partial charge in [-0.1, -0.05) is 110 Å². The Labute approximate surface area is 226 Å². The first kappa shape index (κ1) is 22.9. The summed E-state index contributed by atoms with van der Waals surface area (Å²) in [5, 5.41) is 9.80. The monoisotopic (exact) mass is 499 g/mol. The minimum atomic E-state index is -0.0270. The fraction of sp³-hybridized carbons (Fsp3) is 0. The molecule has 0 amide bonds. The van der Waals surface area contributed by atoms with E-state index in [2.05, 4.69) is 86.0 Å². The molecular weight excluding hydrogens is 474 g/mol. The lowest BCUT2D eigenvalue weighted by atomic mass is 9.94. The molecule has 0 saturated carbocycles. The molecule has 0 atom stereocenters. The van der Waals surface area contributed by atoms with Gasteiger partial charge in [-0.05, 0) is 79.2 Å². The van der Waals surface area contributed by atoms with E-state index in [1.807, 2.05) is 53.1 Å². The van der Waals surface area contributed by atoms with Crippen molar-refractivity contribution < 1.29 is 0 Å². The molecule has 0 N–H and O–H groups in total. The average Bonchev–Trinajstić information content (AvgIpc) is 3.00. The number of benzene rings is 6. The highest BCUT2D eigenvalue weighted by atomic mass is 16.1. The number of hydrogen-bond donors (Lipinski definition) is 0. The predicted molar refractivity (Wildman–Crippen MR) is 168 cm³/mol. The lowest BCUT2D eigenvalue weighted by molar-refractivity contribution is 1.06. The lowest BCUT2D eigenvalue weighted by Gasteiger charge is -2.16. The third-order valence-corrected chi connectivity index (χ3v) is 7.72. The highest BCUT2D eigenvalue weighted by Crippen LogP contribution is 2.36. The molecule has 39 heavy (non-hydrogen) atoms. The van der Waals surface area contributed by atoms with Gasteiger partial charge in [-0.15, -0.1) is 0 Å². The average molecular weight is 500 g/mol. The van der Waals surface area contributed by atoms with Crippen molar-refractivity contribution in [3.8, 4) is 5.69 Å². The van der Waals surface area contributed by atoms with Gasteiger partial charge in [-0.25, -0.2) is 0 Å². The first-order valence-electron chi connectivity index (χ1n) is 13.1. The summed E-state index contributed by atoms with van der Waals surface area (Å²) >= 11 is 0. The maximum Gasteiger partial charge on any atom is 0.263 e. The molecule has 1 aromatic heterocycles. The van der Waals surface area contributed by atoms with Crippen molar-refractivity contribution in [2.45, 2.75) is 0 Å². The molecule has 0 aliphatic rings. The van der Waals surface area contributed by atoms with Crippen LogP contribution in [0, 0.1) is 0 Å². The zero-order valence-electron chi connectivity index (χ0n) is 21.4. The van der Waals surface area contributed by atoms with Crippen LogP contribution in [-0.2, 0) is 0 Å². The van der Waals surface area contributed by atoms with Gasteiger partial charge in [0.1, 0.15) is 0 Å². The molecule has 0 radical (unpaired) electrons. The summed E-state index contributed by atoms with van der Waals surface area (Å²) < 4.78 is 1.86. The van der Waals surface area contributed by atoms with Crippen LogP contribution in [0.5, 0.6) is 0 Å². The topological polar surface area (TPSA) is 22.0 Å². The van der Waals surface area contributed by atoms with Gasteiger partial charge in [-0.3, -0.25) is 9.36 Å². The molecule has 0 spiro atoms. The fourth-order valence-corrected chi connectivity index (χ4v) is 5.96. The van der Waals surface area contributed by atoms with Crippen LogP contribution in [0.25, 0.3) is 65.3 Å². The highest BCUT2D eigenvalue weighted by molar-refractivity contribution is 6.25. The van der Waals surface area contributed by atoms with Crippen molar-refractivity contribution in [1.29, 1.82) is 0 Å². The van der Waals surface area contributed by atoms with Crippen molar-refractivity contribution in [3.63, 3.8) is 0 Å². The summed E-state index contributed by atoms with van der Waals surface area (Å²) in [5.41, 5.74) is 3.71. The van der Waals surface area contributed by atoms with Crippen LogP contribution in [0.15, 0.2) is 145 Å². The van der Waals surface area contributed by atoms with Gasteiger partial charge in [0, 0.05) is 16.5 Å². The Bertz CT molecular complexity index is 2190. The van der Waals surface area contributed by atoms with Gasteiger partial charge in [0.2, 0.25) is 0 Å². The van der Waals surface area contributed by atoms with Gasteiger partial charge in [-0.2, -0.15) is 0 Å². The Morgan fingerprint density at radius 3 is 1.69 bits per heavy atom. The van der Waals surface area contributed by atoms with Gasteiger partial charge in [0.15, 0.2) is 0 Å². The summed E-state index contributed by atoms with van der Waals surface area (Å²) in [6, 6.07) is 37.5. The molecule has 1 heterocycles. The van der Waals surface area contributed by atoms with Crippen LogP contribution in [0.3, 0.4) is 0 Å². The van der Waals surface area contributed by atoms with Gasteiger partial charge in [0.25, 0.3) is 5.56 Å².